The van der Waals surface area contributed by atoms with E-state index in [9.17, 15) is 14.4 Å². The molecule has 1 heterocycles. The maximum atomic E-state index is 12.9. The average Bonchev–Trinajstić information content (AvgIpc) is 2.75. The Bertz CT molecular complexity index is 1200. The molecule has 1 aliphatic heterocycles. The fourth-order valence-electron chi connectivity index (χ4n) is 3.35. The van der Waals surface area contributed by atoms with Gasteiger partial charge in [0.25, 0.3) is 11.8 Å². The number of carbonyl (C=O) groups is 3. The van der Waals surface area contributed by atoms with Gasteiger partial charge in [-0.2, -0.15) is 0 Å². The van der Waals surface area contributed by atoms with Gasteiger partial charge in [-0.1, -0.05) is 71.8 Å². The number of hydrogen-bond donors (Lipinski definition) is 1. The van der Waals surface area contributed by atoms with E-state index in [-0.39, 0.29) is 5.57 Å². The monoisotopic (exact) mass is 430 g/mol. The van der Waals surface area contributed by atoms with Gasteiger partial charge in [-0.25, -0.2) is 9.69 Å². The van der Waals surface area contributed by atoms with Crippen LogP contribution in [-0.4, -0.2) is 17.8 Å². The van der Waals surface area contributed by atoms with Crippen LogP contribution in [0.1, 0.15) is 22.3 Å². The molecular weight excluding hydrogens is 412 g/mol. The molecule has 4 amide bonds. The fraction of sp³-hybridized carbons (Fsp3) is 0.0800. The van der Waals surface area contributed by atoms with Crippen molar-refractivity contribution in [1.29, 1.82) is 0 Å². The molecule has 4 rings (SSSR count). The topological polar surface area (TPSA) is 66.5 Å². The Labute approximate surface area is 185 Å². The summed E-state index contributed by atoms with van der Waals surface area (Å²) in [5.74, 6) is -1.36. The zero-order valence-electron chi connectivity index (χ0n) is 16.8. The van der Waals surface area contributed by atoms with Crippen LogP contribution < -0.4 is 10.2 Å². The van der Waals surface area contributed by atoms with Crippen molar-refractivity contribution in [2.24, 2.45) is 0 Å². The highest BCUT2D eigenvalue weighted by molar-refractivity contribution is 6.39. The smallest absolute Gasteiger partial charge is 0.273 e. The molecule has 3 aromatic rings. The molecule has 5 nitrogen and oxygen atoms in total. The van der Waals surface area contributed by atoms with E-state index in [1.807, 2.05) is 55.5 Å². The number of nitrogens with zero attached hydrogens (tertiary/aromatic N) is 1. The quantitative estimate of drug-likeness (QED) is 0.472. The lowest BCUT2D eigenvalue weighted by molar-refractivity contribution is -0.122. The molecule has 0 aliphatic carbocycles. The first-order valence-electron chi connectivity index (χ1n) is 9.73. The third-order valence-corrected chi connectivity index (χ3v) is 5.41. The third-order valence-electron chi connectivity index (χ3n) is 5.04. The van der Waals surface area contributed by atoms with Crippen LogP contribution in [0.4, 0.5) is 10.5 Å². The zero-order valence-corrected chi connectivity index (χ0v) is 17.5. The number of benzene rings is 3. The Balaban J connectivity index is 1.58. The summed E-state index contributed by atoms with van der Waals surface area (Å²) >= 11 is 6.23. The third kappa shape index (κ3) is 4.42. The minimum atomic E-state index is -0.758. The molecule has 1 fully saturated rings. The molecule has 31 heavy (non-hydrogen) atoms. The highest BCUT2D eigenvalue weighted by Crippen LogP contribution is 2.23. The van der Waals surface area contributed by atoms with Crippen molar-refractivity contribution in [1.82, 2.24) is 5.32 Å². The van der Waals surface area contributed by atoms with Gasteiger partial charge < -0.3 is 0 Å². The van der Waals surface area contributed by atoms with Gasteiger partial charge >= 0.3 is 6.03 Å². The Hall–Kier alpha value is -3.70. The van der Waals surface area contributed by atoms with Gasteiger partial charge in [0.05, 0.1) is 5.69 Å². The maximum absolute atomic E-state index is 12.9. The highest BCUT2D eigenvalue weighted by Gasteiger charge is 2.36. The molecule has 0 bridgehead atoms. The standard InChI is InChI=1S/C25H19ClN2O3/c1-16-6-12-20(13-7-16)28-24(30)21(23(29)27-25(28)31)15-18-10-8-17(9-11-18)14-19-4-2-3-5-22(19)26/h2-13,15H,14H2,1H3,(H,27,29,31)/b21-15+. The van der Waals surface area contributed by atoms with Crippen LogP contribution in [0.5, 0.6) is 0 Å². The predicted molar refractivity (Wildman–Crippen MR) is 121 cm³/mol. The van der Waals surface area contributed by atoms with Crippen LogP contribution >= 0.6 is 11.6 Å². The normalized spacial score (nSPS) is 15.4. The second-order valence-corrected chi connectivity index (χ2v) is 7.71. The van der Waals surface area contributed by atoms with E-state index >= 15 is 0 Å². The van der Waals surface area contributed by atoms with Crippen LogP contribution in [0.25, 0.3) is 6.08 Å². The number of rotatable bonds is 4. The van der Waals surface area contributed by atoms with E-state index in [4.69, 9.17) is 11.6 Å². The molecule has 0 radical (unpaired) electrons. The van der Waals surface area contributed by atoms with Crippen molar-refractivity contribution >= 4 is 41.2 Å². The number of carbonyl (C=O) groups excluding carboxylic acids is 3. The number of nitrogens with one attached hydrogen (secondary N) is 1. The van der Waals surface area contributed by atoms with E-state index in [0.29, 0.717) is 22.7 Å². The lowest BCUT2D eigenvalue weighted by Crippen LogP contribution is -2.54. The van der Waals surface area contributed by atoms with E-state index in [2.05, 4.69) is 5.32 Å². The van der Waals surface area contributed by atoms with Crippen LogP contribution in [0.15, 0.2) is 78.4 Å². The lowest BCUT2D eigenvalue weighted by atomic mass is 10.0. The summed E-state index contributed by atoms with van der Waals surface area (Å²) < 4.78 is 0. The first-order valence-corrected chi connectivity index (χ1v) is 10.1. The molecule has 0 unspecified atom stereocenters. The molecule has 1 saturated heterocycles. The van der Waals surface area contributed by atoms with Gasteiger partial charge in [-0.3, -0.25) is 14.9 Å². The lowest BCUT2D eigenvalue weighted by Gasteiger charge is -2.26. The van der Waals surface area contributed by atoms with E-state index < -0.39 is 17.8 Å². The van der Waals surface area contributed by atoms with Crippen LogP contribution in [-0.2, 0) is 16.0 Å². The Morgan fingerprint density at radius 3 is 2.26 bits per heavy atom. The summed E-state index contributed by atoms with van der Waals surface area (Å²) in [6.45, 7) is 1.91. The van der Waals surface area contributed by atoms with Crippen LogP contribution in [0.2, 0.25) is 5.02 Å². The average molecular weight is 431 g/mol. The number of imide groups is 2. The zero-order chi connectivity index (χ0) is 22.0. The summed E-state index contributed by atoms with van der Waals surface area (Å²) in [5, 5.41) is 2.95. The van der Waals surface area contributed by atoms with Crippen LogP contribution in [0, 0.1) is 6.92 Å². The number of halogens is 1. The predicted octanol–water partition coefficient (Wildman–Crippen LogP) is 4.91. The van der Waals surface area contributed by atoms with E-state index in [1.165, 1.54) is 6.08 Å². The summed E-state index contributed by atoms with van der Waals surface area (Å²) in [6.07, 6.45) is 2.16. The Morgan fingerprint density at radius 1 is 0.903 bits per heavy atom. The molecule has 0 atom stereocenters. The number of amides is 4. The SMILES string of the molecule is Cc1ccc(N2C(=O)NC(=O)/C(=C\c3ccc(Cc4ccccc4Cl)cc3)C2=O)cc1. The van der Waals surface area contributed by atoms with Crippen molar-refractivity contribution in [3.63, 3.8) is 0 Å². The Morgan fingerprint density at radius 2 is 1.58 bits per heavy atom. The highest BCUT2D eigenvalue weighted by atomic mass is 35.5. The van der Waals surface area contributed by atoms with Crippen molar-refractivity contribution < 1.29 is 14.4 Å². The minimum absolute atomic E-state index is 0.0981. The van der Waals surface area contributed by atoms with Crippen molar-refractivity contribution in [3.05, 3.63) is 106 Å². The summed E-state index contributed by atoms with van der Waals surface area (Å²) in [7, 11) is 0. The number of anilines is 1. The van der Waals surface area contributed by atoms with Crippen LogP contribution in [0.3, 0.4) is 0 Å². The molecule has 0 spiro atoms. The van der Waals surface area contributed by atoms with Gasteiger partial charge in [-0.15, -0.1) is 0 Å². The van der Waals surface area contributed by atoms with Gasteiger partial charge in [0, 0.05) is 5.02 Å². The van der Waals surface area contributed by atoms with Gasteiger partial charge in [-0.05, 0) is 54.3 Å². The van der Waals surface area contributed by atoms with E-state index in [0.717, 1.165) is 21.6 Å². The van der Waals surface area contributed by atoms with Gasteiger partial charge in [0.1, 0.15) is 5.57 Å². The number of hydrogen-bond acceptors (Lipinski definition) is 3. The van der Waals surface area contributed by atoms with Crippen molar-refractivity contribution in [2.75, 3.05) is 4.90 Å². The first kappa shape index (κ1) is 20.6. The molecular formula is C25H19ClN2O3. The summed E-state index contributed by atoms with van der Waals surface area (Å²) in [5.41, 5.74) is 4.05. The summed E-state index contributed by atoms with van der Waals surface area (Å²) in [6, 6.07) is 21.3. The number of urea groups is 1. The van der Waals surface area contributed by atoms with Crippen molar-refractivity contribution in [2.45, 2.75) is 13.3 Å². The molecule has 1 aliphatic rings. The largest absolute Gasteiger partial charge is 0.335 e. The van der Waals surface area contributed by atoms with Crippen molar-refractivity contribution in [3.8, 4) is 0 Å². The second-order valence-electron chi connectivity index (χ2n) is 7.30. The number of barbiturate groups is 1. The van der Waals surface area contributed by atoms with Gasteiger partial charge in [0.2, 0.25) is 0 Å². The summed E-state index contributed by atoms with van der Waals surface area (Å²) in [4.78, 5) is 38.5. The van der Waals surface area contributed by atoms with Gasteiger partial charge in [0.15, 0.2) is 0 Å². The molecule has 0 saturated carbocycles. The molecule has 6 heteroatoms. The molecule has 0 aromatic heterocycles. The molecule has 1 N–H and O–H groups in total. The Kier molecular flexibility index (Phi) is 5.69. The number of aryl methyl sites for hydroxylation is 1. The van der Waals surface area contributed by atoms with E-state index in [1.54, 1.807) is 24.3 Å². The molecule has 154 valence electrons. The maximum Gasteiger partial charge on any atom is 0.335 e. The minimum Gasteiger partial charge on any atom is -0.273 e. The molecule has 3 aromatic carbocycles. The fourth-order valence-corrected chi connectivity index (χ4v) is 3.55. The second kappa shape index (κ2) is 8.58. The first-order chi connectivity index (χ1) is 14.9.